The fourth-order valence-corrected chi connectivity index (χ4v) is 2.11. The van der Waals surface area contributed by atoms with Gasteiger partial charge in [-0.1, -0.05) is 60.7 Å². The van der Waals surface area contributed by atoms with Crippen molar-refractivity contribution in [3.63, 3.8) is 0 Å². The molecular formula is C18H22N2O. The Morgan fingerprint density at radius 1 is 0.905 bits per heavy atom. The molecule has 2 aromatic carbocycles. The third kappa shape index (κ3) is 5.79. The van der Waals surface area contributed by atoms with Gasteiger partial charge >= 0.3 is 0 Å². The third-order valence-corrected chi connectivity index (χ3v) is 3.32. The second-order valence-corrected chi connectivity index (χ2v) is 5.23. The van der Waals surface area contributed by atoms with Gasteiger partial charge in [-0.3, -0.25) is 4.79 Å². The zero-order valence-electron chi connectivity index (χ0n) is 12.4. The molecule has 0 aliphatic heterocycles. The number of hydrogen-bond acceptors (Lipinski definition) is 2. The summed E-state index contributed by atoms with van der Waals surface area (Å²) in [6.45, 7) is 3.41. The SMILES string of the molecule is CC(CC(=O)NCc1ccccc1)NCc1ccccc1. The Kier molecular flexibility index (Phi) is 5.98. The minimum Gasteiger partial charge on any atom is -0.352 e. The number of carbonyl (C=O) groups excluding carboxylic acids is 1. The number of nitrogens with one attached hydrogen (secondary N) is 2. The number of rotatable bonds is 7. The number of benzene rings is 2. The van der Waals surface area contributed by atoms with Crippen LogP contribution in [0.25, 0.3) is 0 Å². The lowest BCUT2D eigenvalue weighted by atomic mass is 10.1. The summed E-state index contributed by atoms with van der Waals surface area (Å²) in [5, 5.41) is 6.32. The van der Waals surface area contributed by atoms with E-state index in [0.29, 0.717) is 13.0 Å². The van der Waals surface area contributed by atoms with E-state index in [9.17, 15) is 4.79 Å². The molecule has 0 bridgehead atoms. The van der Waals surface area contributed by atoms with E-state index in [2.05, 4.69) is 22.8 Å². The average Bonchev–Trinajstić information content (AvgIpc) is 2.53. The van der Waals surface area contributed by atoms with Crippen molar-refractivity contribution in [1.29, 1.82) is 0 Å². The molecule has 3 heteroatoms. The summed E-state index contributed by atoms with van der Waals surface area (Å²) in [6.07, 6.45) is 0.486. The van der Waals surface area contributed by atoms with Gasteiger partial charge in [-0.25, -0.2) is 0 Å². The Morgan fingerprint density at radius 3 is 2.00 bits per heavy atom. The van der Waals surface area contributed by atoms with Crippen LogP contribution < -0.4 is 10.6 Å². The second-order valence-electron chi connectivity index (χ2n) is 5.23. The molecule has 1 atom stereocenters. The van der Waals surface area contributed by atoms with Crippen molar-refractivity contribution in [1.82, 2.24) is 10.6 Å². The van der Waals surface area contributed by atoms with Crippen molar-refractivity contribution in [2.24, 2.45) is 0 Å². The topological polar surface area (TPSA) is 41.1 Å². The first-order valence-corrected chi connectivity index (χ1v) is 7.32. The second kappa shape index (κ2) is 8.22. The van der Waals surface area contributed by atoms with Crippen LogP contribution in [0.4, 0.5) is 0 Å². The van der Waals surface area contributed by atoms with Crippen LogP contribution in [-0.4, -0.2) is 11.9 Å². The van der Waals surface area contributed by atoms with Crippen LogP contribution in [-0.2, 0) is 17.9 Å². The summed E-state index contributed by atoms with van der Waals surface area (Å²) in [4.78, 5) is 11.9. The van der Waals surface area contributed by atoms with E-state index in [4.69, 9.17) is 0 Å². The molecule has 0 radical (unpaired) electrons. The fraction of sp³-hybridized carbons (Fsp3) is 0.278. The van der Waals surface area contributed by atoms with Crippen molar-refractivity contribution in [3.8, 4) is 0 Å². The fourth-order valence-electron chi connectivity index (χ4n) is 2.11. The summed E-state index contributed by atoms with van der Waals surface area (Å²) in [7, 11) is 0. The Hall–Kier alpha value is -2.13. The van der Waals surface area contributed by atoms with Crippen molar-refractivity contribution in [3.05, 3.63) is 71.8 Å². The lowest BCUT2D eigenvalue weighted by Gasteiger charge is -2.14. The van der Waals surface area contributed by atoms with E-state index in [1.807, 2.05) is 55.5 Å². The van der Waals surface area contributed by atoms with Crippen LogP contribution in [0.15, 0.2) is 60.7 Å². The zero-order chi connectivity index (χ0) is 14.9. The summed E-state index contributed by atoms with van der Waals surface area (Å²) < 4.78 is 0. The predicted molar refractivity (Wildman–Crippen MR) is 85.6 cm³/mol. The molecule has 0 saturated carbocycles. The van der Waals surface area contributed by atoms with Crippen molar-refractivity contribution in [2.45, 2.75) is 32.5 Å². The van der Waals surface area contributed by atoms with E-state index >= 15 is 0 Å². The maximum Gasteiger partial charge on any atom is 0.221 e. The lowest BCUT2D eigenvalue weighted by Crippen LogP contribution is -2.33. The van der Waals surface area contributed by atoms with Crippen LogP contribution in [0, 0.1) is 0 Å². The van der Waals surface area contributed by atoms with Crippen LogP contribution in [0.1, 0.15) is 24.5 Å². The monoisotopic (exact) mass is 282 g/mol. The first-order chi connectivity index (χ1) is 10.2. The lowest BCUT2D eigenvalue weighted by molar-refractivity contribution is -0.121. The van der Waals surface area contributed by atoms with E-state index in [1.165, 1.54) is 5.56 Å². The van der Waals surface area contributed by atoms with Crippen molar-refractivity contribution in [2.75, 3.05) is 0 Å². The molecule has 21 heavy (non-hydrogen) atoms. The predicted octanol–water partition coefficient (Wildman–Crippen LogP) is 2.87. The summed E-state index contributed by atoms with van der Waals surface area (Å²) >= 11 is 0. The summed E-state index contributed by atoms with van der Waals surface area (Å²) in [6, 6.07) is 20.3. The summed E-state index contributed by atoms with van der Waals surface area (Å²) in [5.74, 6) is 0.0758. The van der Waals surface area contributed by atoms with Gasteiger partial charge in [-0.2, -0.15) is 0 Å². The van der Waals surface area contributed by atoms with E-state index in [1.54, 1.807) is 0 Å². The van der Waals surface area contributed by atoms with E-state index in [-0.39, 0.29) is 11.9 Å². The molecule has 0 aliphatic rings. The van der Waals surface area contributed by atoms with Gasteiger partial charge in [0.25, 0.3) is 0 Å². The highest BCUT2D eigenvalue weighted by atomic mass is 16.1. The van der Waals surface area contributed by atoms with Crippen LogP contribution in [0.3, 0.4) is 0 Å². The maximum absolute atomic E-state index is 11.9. The van der Waals surface area contributed by atoms with Gasteiger partial charge in [-0.15, -0.1) is 0 Å². The van der Waals surface area contributed by atoms with Crippen LogP contribution in [0.2, 0.25) is 0 Å². The number of amides is 1. The van der Waals surface area contributed by atoms with Gasteiger partial charge in [0.1, 0.15) is 0 Å². The normalized spacial score (nSPS) is 11.9. The molecular weight excluding hydrogens is 260 g/mol. The Labute approximate surface area is 126 Å². The van der Waals surface area contributed by atoms with Crippen molar-refractivity contribution < 1.29 is 4.79 Å². The average molecular weight is 282 g/mol. The molecule has 0 spiro atoms. The van der Waals surface area contributed by atoms with Gasteiger partial charge in [0, 0.05) is 25.6 Å². The molecule has 2 N–H and O–H groups in total. The Balaban J connectivity index is 1.67. The van der Waals surface area contributed by atoms with Gasteiger partial charge in [0.2, 0.25) is 5.91 Å². The molecule has 110 valence electrons. The highest BCUT2D eigenvalue weighted by molar-refractivity contribution is 5.76. The first kappa shape index (κ1) is 15.3. The molecule has 0 aromatic heterocycles. The smallest absolute Gasteiger partial charge is 0.221 e. The Bertz CT molecular complexity index is 540. The van der Waals surface area contributed by atoms with Crippen LogP contribution >= 0.6 is 0 Å². The zero-order valence-corrected chi connectivity index (χ0v) is 12.4. The maximum atomic E-state index is 11.9. The molecule has 0 saturated heterocycles. The largest absolute Gasteiger partial charge is 0.352 e. The van der Waals surface area contributed by atoms with Crippen LogP contribution in [0.5, 0.6) is 0 Å². The number of carbonyl (C=O) groups is 1. The van der Waals surface area contributed by atoms with Gasteiger partial charge < -0.3 is 10.6 Å². The van der Waals surface area contributed by atoms with Crippen molar-refractivity contribution >= 4 is 5.91 Å². The first-order valence-electron chi connectivity index (χ1n) is 7.32. The summed E-state index contributed by atoms with van der Waals surface area (Å²) in [5.41, 5.74) is 2.35. The molecule has 0 fully saturated rings. The standard InChI is InChI=1S/C18H22N2O/c1-15(19-13-16-8-4-2-5-9-16)12-18(21)20-14-17-10-6-3-7-11-17/h2-11,15,19H,12-14H2,1H3,(H,20,21). The van der Waals surface area contributed by atoms with Gasteiger partial charge in [-0.05, 0) is 18.1 Å². The minimum absolute atomic E-state index is 0.0758. The quantitative estimate of drug-likeness (QED) is 0.820. The highest BCUT2D eigenvalue weighted by Crippen LogP contribution is 2.01. The van der Waals surface area contributed by atoms with E-state index < -0.39 is 0 Å². The third-order valence-electron chi connectivity index (χ3n) is 3.32. The number of hydrogen-bond donors (Lipinski definition) is 2. The molecule has 1 amide bonds. The molecule has 3 nitrogen and oxygen atoms in total. The molecule has 0 aliphatic carbocycles. The molecule has 0 heterocycles. The highest BCUT2D eigenvalue weighted by Gasteiger charge is 2.08. The molecule has 2 rings (SSSR count). The molecule has 1 unspecified atom stereocenters. The Morgan fingerprint density at radius 2 is 1.43 bits per heavy atom. The van der Waals surface area contributed by atoms with Gasteiger partial charge in [0.15, 0.2) is 0 Å². The van der Waals surface area contributed by atoms with Gasteiger partial charge in [0.05, 0.1) is 0 Å². The van der Waals surface area contributed by atoms with E-state index in [0.717, 1.165) is 12.1 Å². The molecule has 2 aromatic rings. The minimum atomic E-state index is 0.0758.